The minimum Gasteiger partial charge on any atom is -0.337 e. The summed E-state index contributed by atoms with van der Waals surface area (Å²) in [4.78, 5) is 7.07. The molecule has 0 spiro atoms. The predicted molar refractivity (Wildman–Crippen MR) is 54.3 cm³/mol. The molecule has 0 amide bonds. The van der Waals surface area contributed by atoms with Crippen LogP contribution in [0.3, 0.4) is 0 Å². The average molecular weight is 195 g/mol. The van der Waals surface area contributed by atoms with E-state index in [1.165, 1.54) is 18.4 Å². The van der Waals surface area contributed by atoms with E-state index in [0.29, 0.717) is 10.7 Å². The van der Waals surface area contributed by atoms with Crippen molar-refractivity contribution in [2.24, 2.45) is 0 Å². The molecule has 0 bridgehead atoms. The molecule has 2 heterocycles. The normalized spacial score (nSPS) is 18.8. The van der Waals surface area contributed by atoms with Crippen molar-refractivity contribution in [3.63, 3.8) is 0 Å². The number of aromatic nitrogens is 2. The maximum atomic E-state index is 4.89. The summed E-state index contributed by atoms with van der Waals surface area (Å²) >= 11 is 4.89. The molecule has 1 aliphatic heterocycles. The first-order valence-electron chi connectivity index (χ1n) is 4.61. The van der Waals surface area contributed by atoms with Gasteiger partial charge in [-0.1, -0.05) is 0 Å². The van der Waals surface area contributed by atoms with Gasteiger partial charge in [-0.15, -0.1) is 0 Å². The Morgan fingerprint density at radius 3 is 2.77 bits per heavy atom. The minimum atomic E-state index is 0.567. The van der Waals surface area contributed by atoms with Crippen molar-refractivity contribution >= 4 is 12.2 Å². The fraction of sp³-hybridized carbons (Fsp3) is 0.556. The minimum absolute atomic E-state index is 0.567. The Kier molecular flexibility index (Phi) is 2.71. The van der Waals surface area contributed by atoms with Gasteiger partial charge in [0.25, 0.3) is 0 Å². The molecule has 4 heteroatoms. The third kappa shape index (κ3) is 2.14. The van der Waals surface area contributed by atoms with Gasteiger partial charge in [-0.25, -0.2) is 4.98 Å². The monoisotopic (exact) mass is 195 g/mol. The second-order valence-corrected chi connectivity index (χ2v) is 3.76. The quantitative estimate of drug-likeness (QED) is 0.669. The molecule has 13 heavy (non-hydrogen) atoms. The third-order valence-corrected chi connectivity index (χ3v) is 2.73. The van der Waals surface area contributed by atoms with Crippen LogP contribution in [0.4, 0.5) is 0 Å². The Morgan fingerprint density at radius 2 is 2.15 bits per heavy atom. The van der Waals surface area contributed by atoms with Crippen LogP contribution in [0.2, 0.25) is 0 Å². The largest absolute Gasteiger partial charge is 0.337 e. The van der Waals surface area contributed by atoms with Gasteiger partial charge in [0.05, 0.1) is 0 Å². The second kappa shape index (κ2) is 3.98. The maximum Gasteiger partial charge on any atom is 0.196 e. The Hall–Kier alpha value is -0.740. The number of H-pyrrole nitrogens is 1. The van der Waals surface area contributed by atoms with Crippen LogP contribution >= 0.6 is 12.2 Å². The number of aromatic amines is 1. The van der Waals surface area contributed by atoms with Crippen molar-refractivity contribution < 1.29 is 0 Å². The van der Waals surface area contributed by atoms with Crippen LogP contribution in [0.5, 0.6) is 0 Å². The van der Waals surface area contributed by atoms with Gasteiger partial charge in [-0.05, 0) is 49.6 Å². The molecule has 0 aliphatic carbocycles. The van der Waals surface area contributed by atoms with Crippen molar-refractivity contribution in [3.8, 4) is 0 Å². The van der Waals surface area contributed by atoms with Crippen molar-refractivity contribution in [3.05, 3.63) is 22.7 Å². The van der Waals surface area contributed by atoms with E-state index in [-0.39, 0.29) is 0 Å². The Morgan fingerprint density at radius 1 is 1.38 bits per heavy atom. The van der Waals surface area contributed by atoms with Gasteiger partial charge in [0.2, 0.25) is 0 Å². The molecule has 0 saturated carbocycles. The lowest BCUT2D eigenvalue weighted by Crippen LogP contribution is -2.26. The van der Waals surface area contributed by atoms with Gasteiger partial charge >= 0.3 is 0 Å². The van der Waals surface area contributed by atoms with Crippen LogP contribution in [0.25, 0.3) is 0 Å². The van der Waals surface area contributed by atoms with Gasteiger partial charge in [0, 0.05) is 12.4 Å². The molecule has 1 fully saturated rings. The molecule has 1 aliphatic rings. The lowest BCUT2D eigenvalue weighted by molar-refractivity contribution is 0.458. The number of nitrogens with one attached hydrogen (secondary N) is 2. The summed E-state index contributed by atoms with van der Waals surface area (Å²) in [7, 11) is 0. The second-order valence-electron chi connectivity index (χ2n) is 3.38. The summed E-state index contributed by atoms with van der Waals surface area (Å²) in [5.41, 5.74) is 1.29. The number of piperidine rings is 1. The standard InChI is InChI=1S/C9H13N3S/c13-9-11-5-8(6-12-9)7-1-3-10-4-2-7/h5-7,10H,1-4H2,(H,11,12,13). The lowest BCUT2D eigenvalue weighted by Gasteiger charge is -2.22. The molecule has 2 rings (SSSR count). The third-order valence-electron chi connectivity index (χ3n) is 2.50. The molecular formula is C9H13N3S. The zero-order valence-corrected chi connectivity index (χ0v) is 8.23. The zero-order chi connectivity index (χ0) is 9.10. The van der Waals surface area contributed by atoms with Gasteiger partial charge in [0.1, 0.15) is 0 Å². The van der Waals surface area contributed by atoms with E-state index < -0.39 is 0 Å². The summed E-state index contributed by atoms with van der Waals surface area (Å²) in [5.74, 6) is 0.653. The maximum absolute atomic E-state index is 4.89. The first-order valence-corrected chi connectivity index (χ1v) is 5.02. The summed E-state index contributed by atoms with van der Waals surface area (Å²) in [6.07, 6.45) is 6.29. The topological polar surface area (TPSA) is 40.7 Å². The number of hydrogen-bond donors (Lipinski definition) is 2. The first-order chi connectivity index (χ1) is 6.36. The summed E-state index contributed by atoms with van der Waals surface area (Å²) in [5, 5.41) is 3.34. The summed E-state index contributed by atoms with van der Waals surface area (Å²) < 4.78 is 0.567. The molecule has 70 valence electrons. The highest BCUT2D eigenvalue weighted by Gasteiger charge is 2.14. The van der Waals surface area contributed by atoms with Crippen molar-refractivity contribution in [1.29, 1.82) is 0 Å². The lowest BCUT2D eigenvalue weighted by atomic mass is 9.92. The molecule has 1 aromatic heterocycles. The highest BCUT2D eigenvalue weighted by Crippen LogP contribution is 2.23. The molecule has 3 nitrogen and oxygen atoms in total. The van der Waals surface area contributed by atoms with Crippen molar-refractivity contribution in [1.82, 2.24) is 15.3 Å². The highest BCUT2D eigenvalue weighted by atomic mass is 32.1. The Balaban J connectivity index is 2.14. The summed E-state index contributed by atoms with van der Waals surface area (Å²) in [6, 6.07) is 0. The van der Waals surface area contributed by atoms with Gasteiger partial charge in [0.15, 0.2) is 4.77 Å². The molecular weight excluding hydrogens is 182 g/mol. The Bertz CT molecular complexity index is 307. The molecule has 0 atom stereocenters. The van der Waals surface area contributed by atoms with E-state index in [1.807, 2.05) is 12.4 Å². The van der Waals surface area contributed by atoms with E-state index in [0.717, 1.165) is 13.1 Å². The van der Waals surface area contributed by atoms with Crippen LogP contribution in [0.1, 0.15) is 24.3 Å². The SMILES string of the molecule is S=c1ncc(C2CCNCC2)c[nH]1. The van der Waals surface area contributed by atoms with Crippen molar-refractivity contribution in [2.75, 3.05) is 13.1 Å². The van der Waals surface area contributed by atoms with E-state index in [2.05, 4.69) is 15.3 Å². The van der Waals surface area contributed by atoms with Crippen LogP contribution in [0, 0.1) is 4.77 Å². The average Bonchev–Trinajstić information content (AvgIpc) is 2.20. The zero-order valence-electron chi connectivity index (χ0n) is 7.42. The van der Waals surface area contributed by atoms with Crippen molar-refractivity contribution in [2.45, 2.75) is 18.8 Å². The number of rotatable bonds is 1. The van der Waals surface area contributed by atoms with E-state index in [4.69, 9.17) is 12.2 Å². The number of hydrogen-bond acceptors (Lipinski definition) is 3. The van der Waals surface area contributed by atoms with Gasteiger partial charge in [-0.2, -0.15) is 0 Å². The first kappa shape index (κ1) is 8.84. The van der Waals surface area contributed by atoms with Crippen LogP contribution in [-0.4, -0.2) is 23.1 Å². The molecule has 0 unspecified atom stereocenters. The molecule has 0 aromatic carbocycles. The van der Waals surface area contributed by atoms with E-state index in [9.17, 15) is 0 Å². The van der Waals surface area contributed by atoms with E-state index >= 15 is 0 Å². The molecule has 2 N–H and O–H groups in total. The molecule has 1 aromatic rings. The Labute approximate surface area is 82.6 Å². The number of nitrogens with zero attached hydrogens (tertiary/aromatic N) is 1. The molecule has 0 radical (unpaired) electrons. The fourth-order valence-corrected chi connectivity index (χ4v) is 1.84. The van der Waals surface area contributed by atoms with E-state index in [1.54, 1.807) is 0 Å². The van der Waals surface area contributed by atoms with Crippen LogP contribution < -0.4 is 5.32 Å². The van der Waals surface area contributed by atoms with Crippen LogP contribution in [-0.2, 0) is 0 Å². The van der Waals surface area contributed by atoms with Gasteiger partial charge in [-0.3, -0.25) is 0 Å². The predicted octanol–water partition coefficient (Wildman–Crippen LogP) is 1.61. The van der Waals surface area contributed by atoms with Crippen LogP contribution in [0.15, 0.2) is 12.4 Å². The summed E-state index contributed by atoms with van der Waals surface area (Å²) in [6.45, 7) is 2.22. The molecule has 1 saturated heterocycles. The smallest absolute Gasteiger partial charge is 0.196 e. The van der Waals surface area contributed by atoms with Gasteiger partial charge < -0.3 is 10.3 Å². The highest BCUT2D eigenvalue weighted by molar-refractivity contribution is 7.71. The fourth-order valence-electron chi connectivity index (χ4n) is 1.73.